The zero-order valence-corrected chi connectivity index (χ0v) is 20.6. The van der Waals surface area contributed by atoms with Crippen molar-refractivity contribution >= 4 is 28.9 Å². The first-order chi connectivity index (χ1) is 15.6. The second-order valence-corrected chi connectivity index (χ2v) is 11.5. The van der Waals surface area contributed by atoms with Crippen LogP contribution in [0.25, 0.3) is 0 Å². The van der Waals surface area contributed by atoms with Gasteiger partial charge in [0.2, 0.25) is 5.91 Å². The summed E-state index contributed by atoms with van der Waals surface area (Å²) in [5, 5.41) is 9.97. The summed E-state index contributed by atoms with van der Waals surface area (Å²) in [5.41, 5.74) is 0.346. The van der Waals surface area contributed by atoms with E-state index in [2.05, 4.69) is 37.7 Å². The number of carbonyl (C=O) groups is 2. The van der Waals surface area contributed by atoms with E-state index in [-0.39, 0.29) is 34.3 Å². The molecule has 2 aromatic rings. The number of hydrogen-bond acceptors (Lipinski definition) is 6. The molecular formula is C25H33N3O4S. The lowest BCUT2D eigenvalue weighted by Gasteiger charge is -2.43. The van der Waals surface area contributed by atoms with Crippen molar-refractivity contribution in [1.29, 1.82) is 0 Å². The van der Waals surface area contributed by atoms with E-state index in [1.807, 2.05) is 6.07 Å². The maximum atomic E-state index is 13.8. The highest BCUT2D eigenvalue weighted by molar-refractivity contribution is 7.14. The van der Waals surface area contributed by atoms with E-state index in [9.17, 15) is 14.7 Å². The Morgan fingerprint density at radius 2 is 1.76 bits per heavy atom. The summed E-state index contributed by atoms with van der Waals surface area (Å²) in [5.74, 6) is -0.344. The lowest BCUT2D eigenvalue weighted by Crippen LogP contribution is -2.54. The Morgan fingerprint density at radius 3 is 2.33 bits per heavy atom. The molecule has 2 aromatic heterocycles. The number of anilines is 1. The van der Waals surface area contributed by atoms with Crippen molar-refractivity contribution in [2.75, 3.05) is 4.90 Å². The van der Waals surface area contributed by atoms with Crippen LogP contribution in [0.2, 0.25) is 0 Å². The fourth-order valence-electron chi connectivity index (χ4n) is 4.62. The van der Waals surface area contributed by atoms with E-state index in [1.54, 1.807) is 23.4 Å². The van der Waals surface area contributed by atoms with E-state index in [1.165, 1.54) is 11.3 Å². The summed E-state index contributed by atoms with van der Waals surface area (Å²) in [6.07, 6.45) is 8.24. The van der Waals surface area contributed by atoms with Crippen LogP contribution in [0.3, 0.4) is 0 Å². The summed E-state index contributed by atoms with van der Waals surface area (Å²) in [7, 11) is 0. The van der Waals surface area contributed by atoms with Crippen molar-refractivity contribution in [2.24, 2.45) is 11.8 Å². The number of carbonyl (C=O) groups excluding carboxylic acids is 1. The van der Waals surface area contributed by atoms with Crippen LogP contribution in [0.1, 0.15) is 80.8 Å². The number of carboxylic acids is 1. The van der Waals surface area contributed by atoms with Crippen molar-refractivity contribution in [3.05, 3.63) is 34.3 Å². The summed E-state index contributed by atoms with van der Waals surface area (Å²) in [6, 6.07) is 3.90. The van der Waals surface area contributed by atoms with Gasteiger partial charge in [-0.15, -0.1) is 11.3 Å². The van der Waals surface area contributed by atoms with Gasteiger partial charge in [-0.3, -0.25) is 4.79 Å². The topological polar surface area (TPSA) is 92.6 Å². The number of thiophene rings is 1. The van der Waals surface area contributed by atoms with Gasteiger partial charge in [0.25, 0.3) is 0 Å². The lowest BCUT2D eigenvalue weighted by molar-refractivity contribution is -0.124. The van der Waals surface area contributed by atoms with Gasteiger partial charge in [-0.2, -0.15) is 0 Å². The highest BCUT2D eigenvalue weighted by Crippen LogP contribution is 2.43. The molecule has 0 atom stereocenters. The second kappa shape index (κ2) is 9.41. The molecule has 2 aliphatic rings. The molecule has 2 heterocycles. The molecule has 33 heavy (non-hydrogen) atoms. The Labute approximate surface area is 199 Å². The van der Waals surface area contributed by atoms with Crippen molar-refractivity contribution < 1.29 is 19.4 Å². The minimum absolute atomic E-state index is 0.0572. The van der Waals surface area contributed by atoms with Gasteiger partial charge in [0.1, 0.15) is 11.0 Å². The van der Waals surface area contributed by atoms with Crippen LogP contribution in [-0.2, 0) is 10.2 Å². The smallest absolute Gasteiger partial charge is 0.348 e. The molecule has 8 heteroatoms. The minimum atomic E-state index is -0.981. The van der Waals surface area contributed by atoms with Gasteiger partial charge in [-0.1, -0.05) is 27.7 Å². The van der Waals surface area contributed by atoms with Gasteiger partial charge in [-0.25, -0.2) is 14.8 Å². The largest absolute Gasteiger partial charge is 0.477 e. The normalized spacial score (nSPS) is 25.2. The first-order valence-electron chi connectivity index (χ1n) is 11.8. The molecule has 2 aliphatic carbocycles. The quantitative estimate of drug-likeness (QED) is 0.614. The van der Waals surface area contributed by atoms with Crippen LogP contribution in [0, 0.1) is 11.8 Å². The molecule has 0 bridgehead atoms. The third-order valence-corrected chi connectivity index (χ3v) is 8.30. The summed E-state index contributed by atoms with van der Waals surface area (Å²) in [4.78, 5) is 37.2. The third-order valence-electron chi connectivity index (χ3n) is 6.76. The number of rotatable bonds is 6. The highest BCUT2D eigenvalue weighted by atomic mass is 32.1. The molecule has 0 radical (unpaired) electrons. The van der Waals surface area contributed by atoms with Crippen LogP contribution < -0.4 is 9.64 Å². The molecule has 2 saturated carbocycles. The fourth-order valence-corrected chi connectivity index (χ4v) is 5.67. The summed E-state index contributed by atoms with van der Waals surface area (Å²) >= 11 is 1.28. The van der Waals surface area contributed by atoms with E-state index in [0.29, 0.717) is 30.5 Å². The predicted molar refractivity (Wildman–Crippen MR) is 128 cm³/mol. The van der Waals surface area contributed by atoms with E-state index >= 15 is 0 Å². The van der Waals surface area contributed by atoms with Gasteiger partial charge < -0.3 is 14.7 Å². The molecule has 0 aromatic carbocycles. The standard InChI is InChI=1S/C25H33N3O4S/c1-15-6-8-16(9-7-15)22(29)28(17-12-18(13-17)32-24-26-10-5-11-27-24)19-14-20(25(2,3)4)33-21(19)23(30)31/h5,10-11,14-18H,6-9,12-13H2,1-4H3,(H,30,31). The van der Waals surface area contributed by atoms with Crippen molar-refractivity contribution in [3.8, 4) is 6.01 Å². The maximum Gasteiger partial charge on any atom is 0.348 e. The van der Waals surface area contributed by atoms with Crippen LogP contribution in [-0.4, -0.2) is 39.1 Å². The molecule has 0 spiro atoms. The van der Waals surface area contributed by atoms with Crippen molar-refractivity contribution in [2.45, 2.75) is 83.8 Å². The minimum Gasteiger partial charge on any atom is -0.477 e. The monoisotopic (exact) mass is 471 g/mol. The Balaban J connectivity index is 1.61. The number of aromatic carboxylic acids is 1. The zero-order valence-electron chi connectivity index (χ0n) is 19.8. The average molecular weight is 472 g/mol. The Kier molecular flexibility index (Phi) is 6.75. The first-order valence-corrected chi connectivity index (χ1v) is 12.6. The molecule has 0 aliphatic heterocycles. The maximum absolute atomic E-state index is 13.8. The molecule has 2 fully saturated rings. The van der Waals surface area contributed by atoms with Gasteiger partial charge in [-0.05, 0) is 49.1 Å². The number of hydrogen-bond donors (Lipinski definition) is 1. The second-order valence-electron chi connectivity index (χ2n) is 10.4. The molecule has 1 amide bonds. The third kappa shape index (κ3) is 5.21. The van der Waals surface area contributed by atoms with Crippen LogP contribution in [0.4, 0.5) is 5.69 Å². The fraction of sp³-hybridized carbons (Fsp3) is 0.600. The summed E-state index contributed by atoms with van der Waals surface area (Å²) < 4.78 is 5.87. The number of carboxylic acid groups (broad SMARTS) is 1. The molecular weight excluding hydrogens is 438 g/mol. The van der Waals surface area contributed by atoms with E-state index < -0.39 is 5.97 Å². The number of ether oxygens (including phenoxy) is 1. The van der Waals surface area contributed by atoms with E-state index in [4.69, 9.17) is 4.74 Å². The Hall–Kier alpha value is -2.48. The average Bonchev–Trinajstić information content (AvgIpc) is 3.19. The Morgan fingerprint density at radius 1 is 1.12 bits per heavy atom. The molecule has 1 N–H and O–H groups in total. The molecule has 178 valence electrons. The van der Waals surface area contributed by atoms with Crippen molar-refractivity contribution in [3.63, 3.8) is 0 Å². The van der Waals surface area contributed by atoms with Crippen LogP contribution in [0.15, 0.2) is 24.5 Å². The number of nitrogens with zero attached hydrogens (tertiary/aromatic N) is 3. The molecule has 4 rings (SSSR count). The van der Waals surface area contributed by atoms with Crippen LogP contribution >= 0.6 is 11.3 Å². The highest BCUT2D eigenvalue weighted by Gasteiger charge is 2.43. The van der Waals surface area contributed by atoms with Gasteiger partial charge >= 0.3 is 12.0 Å². The zero-order chi connectivity index (χ0) is 23.8. The molecule has 7 nitrogen and oxygen atoms in total. The van der Waals surface area contributed by atoms with Crippen molar-refractivity contribution in [1.82, 2.24) is 9.97 Å². The lowest BCUT2D eigenvalue weighted by atomic mass is 9.80. The SMILES string of the molecule is CC1CCC(C(=O)N(c2cc(C(C)(C)C)sc2C(=O)O)C2CC(Oc3ncccn3)C2)CC1. The Bertz CT molecular complexity index is 987. The number of aromatic nitrogens is 2. The first kappa shape index (κ1) is 23.7. The predicted octanol–water partition coefficient (Wildman–Crippen LogP) is 5.30. The molecule has 0 unspecified atom stereocenters. The number of amides is 1. The summed E-state index contributed by atoms with van der Waals surface area (Å²) in [6.45, 7) is 8.43. The van der Waals surface area contributed by atoms with Crippen LogP contribution in [0.5, 0.6) is 6.01 Å². The van der Waals surface area contributed by atoms with Gasteiger partial charge in [0.05, 0.1) is 5.69 Å². The molecule has 0 saturated heterocycles. The van der Waals surface area contributed by atoms with E-state index in [0.717, 1.165) is 30.6 Å². The van der Waals surface area contributed by atoms with Gasteiger partial charge in [0, 0.05) is 42.1 Å². The van der Waals surface area contributed by atoms with Gasteiger partial charge in [0.15, 0.2) is 0 Å².